The molecule has 1 aliphatic carbocycles. The Kier molecular flexibility index (Phi) is 2.84. The third-order valence-corrected chi connectivity index (χ3v) is 3.68. The van der Waals surface area contributed by atoms with Gasteiger partial charge >= 0.3 is 0 Å². The summed E-state index contributed by atoms with van der Waals surface area (Å²) in [6.45, 7) is 0. The van der Waals surface area contributed by atoms with E-state index in [0.29, 0.717) is 0 Å². The quantitative estimate of drug-likeness (QED) is 0.726. The number of aromatic nitrogens is 2. The number of likely N-dealkylation sites (N-methyl/N-ethyl adjacent to an activating group) is 1. The molecule has 0 amide bonds. The number of hydrogen-bond acceptors (Lipinski definition) is 3. The van der Waals surface area contributed by atoms with Crippen LogP contribution in [0.3, 0.4) is 0 Å². The smallest absolute Gasteiger partial charge is 0.186 e. The number of hydrogen-bond donors (Lipinski definition) is 0. The van der Waals surface area contributed by atoms with Crippen molar-refractivity contribution >= 4 is 5.78 Å². The highest BCUT2D eigenvalue weighted by atomic mass is 16.1. The van der Waals surface area contributed by atoms with Gasteiger partial charge in [-0.05, 0) is 26.9 Å². The Hall–Kier alpha value is -1.16. The van der Waals surface area contributed by atoms with Crippen LogP contribution in [0.2, 0.25) is 0 Å². The molecule has 0 atom stereocenters. The minimum atomic E-state index is -0.289. The summed E-state index contributed by atoms with van der Waals surface area (Å²) in [5.74, 6) is 0.225. The van der Waals surface area contributed by atoms with Gasteiger partial charge < -0.3 is 0 Å². The van der Waals surface area contributed by atoms with Gasteiger partial charge in [0.15, 0.2) is 5.78 Å². The van der Waals surface area contributed by atoms with Crippen molar-refractivity contribution in [3.05, 3.63) is 18.0 Å². The standard InChI is InChI=1S/C12H19N3O/c1-14(2)12(6-4-5-7-12)11(16)10-8-13-15(3)9-10/h8-9H,4-7H2,1-3H3. The lowest BCUT2D eigenvalue weighted by Gasteiger charge is -2.34. The van der Waals surface area contributed by atoms with E-state index >= 15 is 0 Å². The Labute approximate surface area is 96.2 Å². The van der Waals surface area contributed by atoms with Crippen molar-refractivity contribution in [3.63, 3.8) is 0 Å². The first-order valence-electron chi connectivity index (χ1n) is 5.77. The van der Waals surface area contributed by atoms with Crippen molar-refractivity contribution in [1.82, 2.24) is 14.7 Å². The molecule has 0 N–H and O–H groups in total. The first kappa shape index (κ1) is 11.3. The molecule has 0 aromatic carbocycles. The minimum Gasteiger partial charge on any atom is -0.297 e. The van der Waals surface area contributed by atoms with E-state index in [2.05, 4.69) is 10.00 Å². The van der Waals surface area contributed by atoms with Crippen LogP contribution in [0, 0.1) is 0 Å². The van der Waals surface area contributed by atoms with Crippen LogP contribution in [0.15, 0.2) is 12.4 Å². The fraction of sp³-hybridized carbons (Fsp3) is 0.667. The maximum Gasteiger partial charge on any atom is 0.186 e. The first-order chi connectivity index (χ1) is 7.56. The monoisotopic (exact) mass is 221 g/mol. The van der Waals surface area contributed by atoms with Crippen LogP contribution in [0.25, 0.3) is 0 Å². The van der Waals surface area contributed by atoms with E-state index in [0.717, 1.165) is 31.2 Å². The summed E-state index contributed by atoms with van der Waals surface area (Å²) >= 11 is 0. The van der Waals surface area contributed by atoms with E-state index in [-0.39, 0.29) is 11.3 Å². The summed E-state index contributed by atoms with van der Waals surface area (Å²) in [6, 6.07) is 0. The van der Waals surface area contributed by atoms with Crippen LogP contribution < -0.4 is 0 Å². The third kappa shape index (κ3) is 1.67. The highest BCUT2D eigenvalue weighted by molar-refractivity contribution is 6.03. The Morgan fingerprint density at radius 2 is 2.06 bits per heavy atom. The number of rotatable bonds is 3. The second kappa shape index (κ2) is 4.01. The molecule has 1 aromatic rings. The van der Waals surface area contributed by atoms with Gasteiger partial charge in [0, 0.05) is 13.2 Å². The van der Waals surface area contributed by atoms with Crippen molar-refractivity contribution in [3.8, 4) is 0 Å². The van der Waals surface area contributed by atoms with Gasteiger partial charge in [0.2, 0.25) is 0 Å². The lowest BCUT2D eigenvalue weighted by molar-refractivity contribution is 0.0693. The third-order valence-electron chi connectivity index (χ3n) is 3.68. The fourth-order valence-electron chi connectivity index (χ4n) is 2.64. The summed E-state index contributed by atoms with van der Waals surface area (Å²) in [6.07, 6.45) is 7.70. The second-order valence-corrected chi connectivity index (χ2v) is 4.86. The number of carbonyl (C=O) groups excluding carboxylic acids is 1. The molecular weight excluding hydrogens is 202 g/mol. The number of Topliss-reactive ketones (excluding diaryl/α,β-unsaturated/α-hetero) is 1. The van der Waals surface area contributed by atoms with Gasteiger partial charge in [0.1, 0.15) is 0 Å². The number of ketones is 1. The Morgan fingerprint density at radius 1 is 1.44 bits per heavy atom. The molecule has 0 spiro atoms. The molecule has 1 aliphatic rings. The first-order valence-corrected chi connectivity index (χ1v) is 5.77. The topological polar surface area (TPSA) is 38.1 Å². The summed E-state index contributed by atoms with van der Waals surface area (Å²) < 4.78 is 1.69. The summed E-state index contributed by atoms with van der Waals surface area (Å²) in [5.41, 5.74) is 0.446. The van der Waals surface area contributed by atoms with E-state index in [4.69, 9.17) is 0 Å². The van der Waals surface area contributed by atoms with Crippen LogP contribution in [-0.2, 0) is 7.05 Å². The van der Waals surface area contributed by atoms with Gasteiger partial charge in [-0.1, -0.05) is 12.8 Å². The zero-order valence-corrected chi connectivity index (χ0v) is 10.2. The SMILES string of the molecule is CN(C)C1(C(=O)c2cnn(C)c2)CCCC1. The average molecular weight is 221 g/mol. The molecule has 1 fully saturated rings. The van der Waals surface area contributed by atoms with Crippen molar-refractivity contribution in [2.75, 3.05) is 14.1 Å². The van der Waals surface area contributed by atoms with Crippen LogP contribution in [0.4, 0.5) is 0 Å². The van der Waals surface area contributed by atoms with Crippen LogP contribution >= 0.6 is 0 Å². The van der Waals surface area contributed by atoms with Gasteiger partial charge in [-0.3, -0.25) is 14.4 Å². The summed E-state index contributed by atoms with van der Waals surface area (Å²) in [4.78, 5) is 14.6. The van der Waals surface area contributed by atoms with E-state index < -0.39 is 0 Å². The summed E-state index contributed by atoms with van der Waals surface area (Å²) in [7, 11) is 5.84. The Morgan fingerprint density at radius 3 is 2.50 bits per heavy atom. The molecule has 0 aliphatic heterocycles. The molecule has 0 radical (unpaired) electrons. The molecule has 4 heteroatoms. The van der Waals surface area contributed by atoms with Crippen molar-refractivity contribution < 1.29 is 4.79 Å². The maximum atomic E-state index is 12.5. The van der Waals surface area contributed by atoms with Crippen LogP contribution in [-0.4, -0.2) is 40.1 Å². The molecule has 4 nitrogen and oxygen atoms in total. The Balaban J connectivity index is 2.31. The average Bonchev–Trinajstić information content (AvgIpc) is 2.85. The van der Waals surface area contributed by atoms with E-state index in [1.165, 1.54) is 0 Å². The highest BCUT2D eigenvalue weighted by Crippen LogP contribution is 2.36. The van der Waals surface area contributed by atoms with Crippen LogP contribution in [0.5, 0.6) is 0 Å². The second-order valence-electron chi connectivity index (χ2n) is 4.86. The lowest BCUT2D eigenvalue weighted by Crippen LogP contribution is -2.48. The van der Waals surface area contributed by atoms with E-state index in [9.17, 15) is 4.79 Å². The normalized spacial score (nSPS) is 19.2. The van der Waals surface area contributed by atoms with Crippen molar-refractivity contribution in [2.45, 2.75) is 31.2 Å². The largest absolute Gasteiger partial charge is 0.297 e. The fourth-order valence-corrected chi connectivity index (χ4v) is 2.64. The van der Waals surface area contributed by atoms with E-state index in [1.54, 1.807) is 10.9 Å². The molecule has 2 rings (SSSR count). The van der Waals surface area contributed by atoms with Gasteiger partial charge in [0.25, 0.3) is 0 Å². The molecular formula is C12H19N3O. The molecule has 0 bridgehead atoms. The van der Waals surface area contributed by atoms with Crippen molar-refractivity contribution in [2.24, 2.45) is 7.05 Å². The minimum absolute atomic E-state index is 0.225. The van der Waals surface area contributed by atoms with Crippen LogP contribution in [0.1, 0.15) is 36.0 Å². The molecule has 1 aromatic heterocycles. The summed E-state index contributed by atoms with van der Waals surface area (Å²) in [5, 5.41) is 4.08. The highest BCUT2D eigenvalue weighted by Gasteiger charge is 2.43. The predicted molar refractivity (Wildman–Crippen MR) is 62.4 cm³/mol. The van der Waals surface area contributed by atoms with Gasteiger partial charge in [-0.15, -0.1) is 0 Å². The maximum absolute atomic E-state index is 12.5. The zero-order valence-electron chi connectivity index (χ0n) is 10.2. The number of nitrogens with zero attached hydrogens (tertiary/aromatic N) is 3. The molecule has 1 heterocycles. The van der Waals surface area contributed by atoms with E-state index in [1.807, 2.05) is 27.3 Å². The van der Waals surface area contributed by atoms with Gasteiger partial charge in [0.05, 0.1) is 17.3 Å². The number of carbonyl (C=O) groups is 1. The van der Waals surface area contributed by atoms with Crippen molar-refractivity contribution in [1.29, 1.82) is 0 Å². The predicted octanol–water partition coefficient (Wildman–Crippen LogP) is 1.48. The molecule has 0 saturated heterocycles. The number of aryl methyl sites for hydroxylation is 1. The molecule has 1 saturated carbocycles. The molecule has 88 valence electrons. The molecule has 16 heavy (non-hydrogen) atoms. The Bertz CT molecular complexity index is 389. The van der Waals surface area contributed by atoms with Gasteiger partial charge in [-0.2, -0.15) is 5.10 Å². The lowest BCUT2D eigenvalue weighted by atomic mass is 9.87. The van der Waals surface area contributed by atoms with Gasteiger partial charge in [-0.25, -0.2) is 0 Å². The molecule has 0 unspecified atom stereocenters. The zero-order chi connectivity index (χ0) is 11.8.